The second-order valence-corrected chi connectivity index (χ2v) is 13.2. The molecule has 7 aromatic rings. The van der Waals surface area contributed by atoms with Gasteiger partial charge in [0, 0.05) is 70.7 Å². The number of carboxylic acid groups (broad SMARTS) is 1. The average Bonchev–Trinajstić information content (AvgIpc) is 3.91. The zero-order chi connectivity index (χ0) is 37.0. The van der Waals surface area contributed by atoms with Crippen LogP contribution >= 0.6 is 0 Å². The Morgan fingerprint density at radius 2 is 1.23 bits per heavy atom. The van der Waals surface area contributed by atoms with E-state index in [4.69, 9.17) is 25.8 Å². The summed E-state index contributed by atoms with van der Waals surface area (Å²) in [4.78, 5) is 32.4. The summed E-state index contributed by atoms with van der Waals surface area (Å²) < 4.78 is 33.9. The van der Waals surface area contributed by atoms with Crippen molar-refractivity contribution >= 4 is 44.6 Å². The highest BCUT2D eigenvalue weighted by atomic mass is 19.4. The fourth-order valence-corrected chi connectivity index (χ4v) is 6.26. The number of aromatic amines is 3. The van der Waals surface area contributed by atoms with E-state index in [2.05, 4.69) is 85.8 Å². The number of aryl methyl sites for hydroxylation is 3. The Balaban J connectivity index is 0.000000604. The molecule has 1 atom stereocenters. The van der Waals surface area contributed by atoms with E-state index in [0.717, 1.165) is 52.0 Å². The summed E-state index contributed by atoms with van der Waals surface area (Å²) in [6, 6.07) is 24.5. The minimum absolute atomic E-state index is 0.237. The summed E-state index contributed by atoms with van der Waals surface area (Å²) in [5.74, 6) is -1.38. The summed E-state index contributed by atoms with van der Waals surface area (Å²) in [5, 5.41) is 23.4. The summed E-state index contributed by atoms with van der Waals surface area (Å²) in [6.45, 7) is 4.11. The Bertz CT molecular complexity index is 2330. The van der Waals surface area contributed by atoms with Crippen LogP contribution in [0.2, 0.25) is 0 Å². The highest BCUT2D eigenvalue weighted by Crippen LogP contribution is 2.27. The van der Waals surface area contributed by atoms with E-state index in [9.17, 15) is 18.0 Å². The number of nitrogens with zero attached hydrogens (tertiary/aromatic N) is 3. The normalized spacial score (nSPS) is 12.6. The summed E-state index contributed by atoms with van der Waals surface area (Å²) >= 11 is 0. The number of carboxylic acids is 1. The number of nitrogens with one attached hydrogen (secondary N) is 4. The first kappa shape index (κ1) is 35.9. The number of carbonyl (C=O) groups is 2. The van der Waals surface area contributed by atoms with Crippen molar-refractivity contribution in [2.45, 2.75) is 63.8 Å². The molecular formula is C38H39F3N8O3. The van der Waals surface area contributed by atoms with Gasteiger partial charge in [-0.2, -0.15) is 13.2 Å². The minimum atomic E-state index is -5.08. The molecule has 0 aliphatic heterocycles. The summed E-state index contributed by atoms with van der Waals surface area (Å²) in [6.07, 6.45) is 3.94. The first-order chi connectivity index (χ1) is 24.8. The number of hydrogen-bond acceptors (Lipinski definition) is 5. The molecular weight excluding hydrogens is 673 g/mol. The van der Waals surface area contributed by atoms with Crippen LogP contribution in [0.25, 0.3) is 32.7 Å². The molecule has 3 aromatic carbocycles. The number of carbonyl (C=O) groups excluding carboxylic acids is 1. The van der Waals surface area contributed by atoms with Gasteiger partial charge in [0.15, 0.2) is 5.82 Å². The van der Waals surface area contributed by atoms with Crippen molar-refractivity contribution in [2.24, 2.45) is 5.73 Å². The van der Waals surface area contributed by atoms with Gasteiger partial charge in [0.05, 0.1) is 11.6 Å². The number of aromatic nitrogens is 6. The quantitative estimate of drug-likeness (QED) is 0.0892. The monoisotopic (exact) mass is 712 g/mol. The number of fused-ring (bicyclic) bond motifs is 3. The van der Waals surface area contributed by atoms with E-state index in [-0.39, 0.29) is 5.91 Å². The van der Waals surface area contributed by atoms with E-state index >= 15 is 0 Å². The third-order valence-electron chi connectivity index (χ3n) is 8.97. The molecule has 4 aromatic heterocycles. The molecule has 11 nitrogen and oxygen atoms in total. The number of benzene rings is 3. The number of alkyl halides is 3. The molecule has 0 saturated carbocycles. The molecule has 7 rings (SSSR count). The number of para-hydroxylation sites is 3. The molecule has 4 heterocycles. The highest BCUT2D eigenvalue weighted by Gasteiger charge is 2.38. The number of hydrogen-bond donors (Lipinski definition) is 6. The Labute approximate surface area is 296 Å². The van der Waals surface area contributed by atoms with E-state index in [1.54, 1.807) is 13.8 Å². The highest BCUT2D eigenvalue weighted by molar-refractivity contribution is 5.86. The van der Waals surface area contributed by atoms with Crippen LogP contribution < -0.4 is 11.1 Å². The molecule has 0 spiro atoms. The van der Waals surface area contributed by atoms with Crippen molar-refractivity contribution in [2.75, 3.05) is 0 Å². The van der Waals surface area contributed by atoms with Crippen LogP contribution in [0.1, 0.15) is 48.2 Å². The van der Waals surface area contributed by atoms with Gasteiger partial charge in [0.2, 0.25) is 5.91 Å². The standard InChI is InChI=1S/C36H38N8O.C2HF3O2/c1-36(2,37)35(45)41-32(19-25-22-40-31-14-8-5-11-28(25)31)34-43-42-33(16-15-23-20-38-29-12-6-3-9-26(23)29)44(34)18-17-24-21-39-30-13-7-4-10-27(24)30;3-2(4,5)1(6)7/h3-14,20-22,32,38-40H,15-19,37H2,1-2H3,(H,41,45);(H,6,7)/t32-;/m1./s1. The Kier molecular flexibility index (Phi) is 10.2. The smallest absolute Gasteiger partial charge is 0.475 e. The van der Waals surface area contributed by atoms with Gasteiger partial charge in [0.25, 0.3) is 0 Å². The molecule has 0 unspecified atom stereocenters. The lowest BCUT2D eigenvalue weighted by Crippen LogP contribution is -2.50. The molecule has 0 saturated heterocycles. The molecule has 52 heavy (non-hydrogen) atoms. The number of H-pyrrole nitrogens is 3. The first-order valence-corrected chi connectivity index (χ1v) is 16.8. The minimum Gasteiger partial charge on any atom is -0.475 e. The van der Waals surface area contributed by atoms with Crippen molar-refractivity contribution in [1.82, 2.24) is 35.0 Å². The topological polar surface area (TPSA) is 170 Å². The maximum absolute atomic E-state index is 13.3. The van der Waals surface area contributed by atoms with E-state index in [1.165, 1.54) is 21.9 Å². The lowest BCUT2D eigenvalue weighted by Gasteiger charge is -2.24. The largest absolute Gasteiger partial charge is 0.490 e. The number of halogens is 3. The SMILES string of the molecule is CC(C)(N)C(=O)N[C@H](Cc1c[nH]c2ccccc12)c1nnc(CCc2c[nH]c3ccccc23)n1CCc1c[nH]c2ccccc12.O=C(O)C(F)(F)F. The van der Waals surface area contributed by atoms with Gasteiger partial charge < -0.3 is 35.7 Å². The molecule has 0 aliphatic carbocycles. The molecule has 7 N–H and O–H groups in total. The molecule has 1 amide bonds. The fraction of sp³-hybridized carbons (Fsp3) is 0.263. The Morgan fingerprint density at radius 1 is 0.769 bits per heavy atom. The van der Waals surface area contributed by atoms with Gasteiger partial charge in [-0.05, 0) is 61.6 Å². The zero-order valence-electron chi connectivity index (χ0n) is 28.6. The first-order valence-electron chi connectivity index (χ1n) is 16.8. The molecule has 270 valence electrons. The molecule has 0 bridgehead atoms. The van der Waals surface area contributed by atoms with E-state index < -0.39 is 23.7 Å². The van der Waals surface area contributed by atoms with Crippen LogP contribution in [-0.4, -0.2) is 58.4 Å². The van der Waals surface area contributed by atoms with E-state index in [0.29, 0.717) is 19.4 Å². The molecule has 14 heteroatoms. The van der Waals surface area contributed by atoms with Gasteiger partial charge >= 0.3 is 12.1 Å². The van der Waals surface area contributed by atoms with Crippen molar-refractivity contribution in [3.05, 3.63) is 120 Å². The van der Waals surface area contributed by atoms with E-state index in [1.807, 2.05) is 30.5 Å². The number of aliphatic carboxylic acids is 1. The Hall–Kier alpha value is -5.89. The third kappa shape index (κ3) is 8.02. The van der Waals surface area contributed by atoms with Gasteiger partial charge in [-0.15, -0.1) is 10.2 Å². The van der Waals surface area contributed by atoms with Crippen LogP contribution in [0.4, 0.5) is 13.2 Å². The average molecular weight is 713 g/mol. The fourth-order valence-electron chi connectivity index (χ4n) is 6.26. The molecule has 0 radical (unpaired) electrons. The van der Waals surface area contributed by atoms with Crippen LogP contribution in [-0.2, 0) is 41.8 Å². The third-order valence-corrected chi connectivity index (χ3v) is 8.97. The Morgan fingerprint density at radius 3 is 1.73 bits per heavy atom. The van der Waals surface area contributed by atoms with Crippen LogP contribution in [0, 0.1) is 0 Å². The number of amides is 1. The second kappa shape index (κ2) is 14.8. The van der Waals surface area contributed by atoms with Crippen molar-refractivity contribution in [3.63, 3.8) is 0 Å². The van der Waals surface area contributed by atoms with Crippen LogP contribution in [0.5, 0.6) is 0 Å². The van der Waals surface area contributed by atoms with Gasteiger partial charge in [0.1, 0.15) is 5.82 Å². The van der Waals surface area contributed by atoms with Gasteiger partial charge in [-0.3, -0.25) is 4.79 Å². The maximum atomic E-state index is 13.3. The van der Waals surface area contributed by atoms with Crippen LogP contribution in [0.3, 0.4) is 0 Å². The van der Waals surface area contributed by atoms with Gasteiger partial charge in [-0.1, -0.05) is 54.6 Å². The second-order valence-electron chi connectivity index (χ2n) is 13.2. The predicted octanol–water partition coefficient (Wildman–Crippen LogP) is 6.52. The number of rotatable bonds is 11. The predicted molar refractivity (Wildman–Crippen MR) is 193 cm³/mol. The summed E-state index contributed by atoms with van der Waals surface area (Å²) in [7, 11) is 0. The van der Waals surface area contributed by atoms with Gasteiger partial charge in [-0.25, -0.2) is 4.79 Å². The molecule has 0 fully saturated rings. The lowest BCUT2D eigenvalue weighted by atomic mass is 10.0. The van der Waals surface area contributed by atoms with Crippen molar-refractivity contribution in [3.8, 4) is 0 Å². The van der Waals surface area contributed by atoms with Crippen molar-refractivity contribution in [1.29, 1.82) is 0 Å². The van der Waals surface area contributed by atoms with Crippen molar-refractivity contribution < 1.29 is 27.9 Å². The zero-order valence-corrected chi connectivity index (χ0v) is 28.6. The molecule has 0 aliphatic rings. The van der Waals surface area contributed by atoms with Crippen LogP contribution in [0.15, 0.2) is 91.4 Å². The maximum Gasteiger partial charge on any atom is 0.490 e. The number of nitrogens with two attached hydrogens (primary N) is 1. The summed E-state index contributed by atoms with van der Waals surface area (Å²) in [5.41, 5.74) is 12.1. The lowest BCUT2D eigenvalue weighted by molar-refractivity contribution is -0.192.